The average Bonchev–Trinajstić information content (AvgIpc) is 3.23. The molecule has 5 nitrogen and oxygen atoms in total. The first-order valence-electron chi connectivity index (χ1n) is 8.99. The van der Waals surface area contributed by atoms with Crippen molar-refractivity contribution in [3.63, 3.8) is 0 Å². The molecular weight excluding hydrogens is 319 g/mol. The van der Waals surface area contributed by atoms with Gasteiger partial charge in [0.05, 0.1) is 18.0 Å². The molecule has 0 amide bonds. The number of rotatable bonds is 7. The van der Waals surface area contributed by atoms with Gasteiger partial charge < -0.3 is 15.3 Å². The second kappa shape index (κ2) is 8.08. The molecule has 1 fully saturated rings. The monoisotopic (exact) mass is 346 g/mol. The van der Waals surface area contributed by atoms with Crippen LogP contribution in [-0.2, 0) is 0 Å². The van der Waals surface area contributed by atoms with Crippen LogP contribution in [0, 0.1) is 12.7 Å². The number of halogens is 1. The van der Waals surface area contributed by atoms with Gasteiger partial charge in [-0.2, -0.15) is 5.10 Å². The van der Waals surface area contributed by atoms with Crippen molar-refractivity contribution in [2.75, 3.05) is 26.2 Å². The highest BCUT2D eigenvalue weighted by molar-refractivity contribution is 5.35. The van der Waals surface area contributed by atoms with Crippen LogP contribution in [-0.4, -0.2) is 52.1 Å². The van der Waals surface area contributed by atoms with E-state index in [0.717, 1.165) is 36.6 Å². The molecule has 0 aliphatic carbocycles. The van der Waals surface area contributed by atoms with Crippen molar-refractivity contribution in [1.29, 1.82) is 0 Å². The third-order valence-electron chi connectivity index (χ3n) is 4.91. The number of hydrogen-bond donors (Lipinski definition) is 2. The van der Waals surface area contributed by atoms with Crippen LogP contribution in [0.25, 0.3) is 5.69 Å². The summed E-state index contributed by atoms with van der Waals surface area (Å²) in [6.45, 7) is 7.55. The number of aliphatic hydroxyl groups is 1. The highest BCUT2D eigenvalue weighted by Crippen LogP contribution is 2.20. The maximum absolute atomic E-state index is 13.1. The zero-order valence-electron chi connectivity index (χ0n) is 15.0. The van der Waals surface area contributed by atoms with E-state index in [0.29, 0.717) is 6.54 Å². The highest BCUT2D eigenvalue weighted by atomic mass is 19.1. The normalized spacial score (nSPS) is 17.8. The predicted molar refractivity (Wildman–Crippen MR) is 96.4 cm³/mol. The summed E-state index contributed by atoms with van der Waals surface area (Å²) in [5.74, 6) is -0.254. The lowest BCUT2D eigenvalue weighted by Gasteiger charge is -2.21. The predicted octanol–water partition coefficient (Wildman–Crippen LogP) is 2.43. The van der Waals surface area contributed by atoms with E-state index in [1.807, 2.05) is 17.8 Å². The van der Waals surface area contributed by atoms with E-state index in [1.165, 1.54) is 25.0 Å². The van der Waals surface area contributed by atoms with E-state index in [1.54, 1.807) is 12.1 Å². The lowest BCUT2D eigenvalue weighted by molar-refractivity contribution is 0.121. The average molecular weight is 346 g/mol. The molecule has 1 aliphatic rings. The molecule has 25 heavy (non-hydrogen) atoms. The van der Waals surface area contributed by atoms with Gasteiger partial charge in [-0.25, -0.2) is 9.07 Å². The van der Waals surface area contributed by atoms with Gasteiger partial charge in [0, 0.05) is 30.4 Å². The lowest BCUT2D eigenvalue weighted by Crippen LogP contribution is -2.37. The molecule has 0 radical (unpaired) electrons. The molecule has 136 valence electrons. The number of aromatic nitrogens is 2. The second-order valence-corrected chi connectivity index (χ2v) is 6.87. The van der Waals surface area contributed by atoms with Crippen molar-refractivity contribution in [1.82, 2.24) is 20.0 Å². The van der Waals surface area contributed by atoms with Gasteiger partial charge in [0.1, 0.15) is 5.82 Å². The summed E-state index contributed by atoms with van der Waals surface area (Å²) in [6, 6.07) is 6.40. The van der Waals surface area contributed by atoms with Crippen LogP contribution in [0.1, 0.15) is 37.1 Å². The molecule has 2 N–H and O–H groups in total. The van der Waals surface area contributed by atoms with Crippen molar-refractivity contribution in [2.45, 2.75) is 38.8 Å². The SMILES string of the molecule is Cc1c(C(C)NCC(O)CN2CCCC2)cnn1-c1ccc(F)cc1. The Kier molecular flexibility index (Phi) is 5.83. The van der Waals surface area contributed by atoms with Gasteiger partial charge in [0.2, 0.25) is 0 Å². The number of likely N-dealkylation sites (tertiary alicyclic amines) is 1. The molecule has 2 unspecified atom stereocenters. The molecular formula is C19H27FN4O. The Morgan fingerprint density at radius 3 is 2.60 bits per heavy atom. The Balaban J connectivity index is 1.58. The molecule has 3 rings (SSSR count). The van der Waals surface area contributed by atoms with Crippen molar-refractivity contribution in [3.8, 4) is 5.69 Å². The molecule has 2 aromatic rings. The minimum Gasteiger partial charge on any atom is -0.390 e. The summed E-state index contributed by atoms with van der Waals surface area (Å²) in [5.41, 5.74) is 2.93. The first-order chi connectivity index (χ1) is 12.0. The number of nitrogens with zero attached hydrogens (tertiary/aromatic N) is 3. The second-order valence-electron chi connectivity index (χ2n) is 6.87. The largest absolute Gasteiger partial charge is 0.390 e. The quantitative estimate of drug-likeness (QED) is 0.808. The maximum Gasteiger partial charge on any atom is 0.123 e. The topological polar surface area (TPSA) is 53.3 Å². The van der Waals surface area contributed by atoms with E-state index in [2.05, 4.69) is 22.2 Å². The van der Waals surface area contributed by atoms with Gasteiger partial charge >= 0.3 is 0 Å². The fourth-order valence-corrected chi connectivity index (χ4v) is 3.44. The van der Waals surface area contributed by atoms with Crippen LogP contribution in [0.3, 0.4) is 0 Å². The molecule has 0 bridgehead atoms. The zero-order chi connectivity index (χ0) is 17.8. The number of benzene rings is 1. The molecule has 2 heterocycles. The smallest absolute Gasteiger partial charge is 0.123 e. The Morgan fingerprint density at radius 1 is 1.24 bits per heavy atom. The van der Waals surface area contributed by atoms with Crippen LogP contribution in [0.2, 0.25) is 0 Å². The molecule has 6 heteroatoms. The minimum atomic E-state index is -0.368. The van der Waals surface area contributed by atoms with E-state index in [4.69, 9.17) is 0 Å². The Morgan fingerprint density at radius 2 is 1.92 bits per heavy atom. The first-order valence-corrected chi connectivity index (χ1v) is 8.99. The molecule has 0 saturated carbocycles. The fourth-order valence-electron chi connectivity index (χ4n) is 3.44. The lowest BCUT2D eigenvalue weighted by atomic mass is 10.1. The fraction of sp³-hybridized carbons (Fsp3) is 0.526. The Hall–Kier alpha value is -1.76. The number of aliphatic hydroxyl groups excluding tert-OH is 1. The molecule has 1 aliphatic heterocycles. The van der Waals surface area contributed by atoms with Crippen molar-refractivity contribution in [3.05, 3.63) is 47.5 Å². The number of nitrogens with one attached hydrogen (secondary N) is 1. The summed E-state index contributed by atoms with van der Waals surface area (Å²) in [7, 11) is 0. The summed E-state index contributed by atoms with van der Waals surface area (Å²) >= 11 is 0. The summed E-state index contributed by atoms with van der Waals surface area (Å²) < 4.78 is 14.9. The number of β-amino-alcohol motifs (C(OH)–C–C–N with tert-alkyl or cyclic N) is 1. The van der Waals surface area contributed by atoms with Crippen LogP contribution in [0.5, 0.6) is 0 Å². The van der Waals surface area contributed by atoms with E-state index >= 15 is 0 Å². The highest BCUT2D eigenvalue weighted by Gasteiger charge is 2.18. The van der Waals surface area contributed by atoms with Crippen molar-refractivity contribution >= 4 is 0 Å². The zero-order valence-corrected chi connectivity index (χ0v) is 15.0. The number of hydrogen-bond acceptors (Lipinski definition) is 4. The summed E-state index contributed by atoms with van der Waals surface area (Å²) in [4.78, 5) is 2.31. The third kappa shape index (κ3) is 4.45. The van der Waals surface area contributed by atoms with E-state index in [9.17, 15) is 9.50 Å². The van der Waals surface area contributed by atoms with Crippen LogP contribution >= 0.6 is 0 Å². The molecule has 1 saturated heterocycles. The maximum atomic E-state index is 13.1. The van der Waals surface area contributed by atoms with Crippen molar-refractivity contribution in [2.24, 2.45) is 0 Å². The summed E-state index contributed by atoms with van der Waals surface area (Å²) in [5, 5.41) is 18.1. The van der Waals surface area contributed by atoms with Gasteiger partial charge in [-0.15, -0.1) is 0 Å². The minimum absolute atomic E-state index is 0.0856. The Bertz CT molecular complexity index is 679. The van der Waals surface area contributed by atoms with Crippen LogP contribution in [0.4, 0.5) is 4.39 Å². The van der Waals surface area contributed by atoms with Gasteiger partial charge in [0.15, 0.2) is 0 Å². The standard InChI is InChI=1S/C19H27FN4O/c1-14(21-11-18(25)13-23-9-3-4-10-23)19-12-22-24(15(19)2)17-7-5-16(20)6-8-17/h5-8,12,14,18,21,25H,3-4,9-11,13H2,1-2H3. The molecule has 1 aromatic heterocycles. The molecule has 2 atom stereocenters. The Labute approximate surface area is 148 Å². The van der Waals surface area contributed by atoms with Crippen LogP contribution < -0.4 is 5.32 Å². The van der Waals surface area contributed by atoms with E-state index in [-0.39, 0.29) is 18.0 Å². The summed E-state index contributed by atoms with van der Waals surface area (Å²) in [6.07, 6.45) is 3.94. The van der Waals surface area contributed by atoms with Crippen molar-refractivity contribution < 1.29 is 9.50 Å². The first kappa shape index (κ1) is 18.0. The molecule has 1 aromatic carbocycles. The van der Waals surface area contributed by atoms with Crippen LogP contribution in [0.15, 0.2) is 30.5 Å². The molecule has 0 spiro atoms. The van der Waals surface area contributed by atoms with Gasteiger partial charge in [0.25, 0.3) is 0 Å². The van der Waals surface area contributed by atoms with E-state index < -0.39 is 0 Å². The van der Waals surface area contributed by atoms with Gasteiger partial charge in [-0.1, -0.05) is 0 Å². The van der Waals surface area contributed by atoms with Gasteiger partial charge in [-0.05, 0) is 64.0 Å². The third-order valence-corrected chi connectivity index (χ3v) is 4.91. The van der Waals surface area contributed by atoms with Gasteiger partial charge in [-0.3, -0.25) is 0 Å².